The molecule has 2 aromatic carbocycles. The highest BCUT2D eigenvalue weighted by Gasteiger charge is 2.33. The van der Waals surface area contributed by atoms with Gasteiger partial charge in [-0.15, -0.1) is 11.8 Å². The summed E-state index contributed by atoms with van der Waals surface area (Å²) in [6, 6.07) is 12.9. The molecule has 0 unspecified atom stereocenters. The van der Waals surface area contributed by atoms with E-state index < -0.39 is 12.0 Å². The van der Waals surface area contributed by atoms with Crippen LogP contribution in [0.3, 0.4) is 0 Å². The third-order valence-corrected chi connectivity index (χ3v) is 7.77. The van der Waals surface area contributed by atoms with E-state index in [2.05, 4.69) is 20.9 Å². The van der Waals surface area contributed by atoms with Crippen LogP contribution in [0.25, 0.3) is 6.08 Å². The second-order valence-corrected chi connectivity index (χ2v) is 10.2. The summed E-state index contributed by atoms with van der Waals surface area (Å²) in [6.07, 6.45) is 3.88. The molecule has 3 aromatic rings. The summed E-state index contributed by atoms with van der Waals surface area (Å²) in [5.74, 6) is 0.172. The second kappa shape index (κ2) is 10.3. The summed E-state index contributed by atoms with van der Waals surface area (Å²) in [6.45, 7) is 3.76. The van der Waals surface area contributed by atoms with Crippen molar-refractivity contribution in [1.82, 2.24) is 4.57 Å². The number of esters is 1. The molecule has 2 heterocycles. The van der Waals surface area contributed by atoms with Crippen molar-refractivity contribution in [2.75, 3.05) is 20.0 Å². The SMILES string of the molecule is CCOC(=O)C1=C(C)N=c2sc(=Cc3ccc(SC)cc3)c(=O)n2[C@H]1c1ccc(OC)c(Br)c1. The predicted octanol–water partition coefficient (Wildman–Crippen LogP) is 4.29. The Balaban J connectivity index is 1.93. The van der Waals surface area contributed by atoms with Gasteiger partial charge in [0.1, 0.15) is 5.75 Å². The maximum atomic E-state index is 13.6. The minimum atomic E-state index is -0.668. The molecule has 6 nitrogen and oxygen atoms in total. The van der Waals surface area contributed by atoms with E-state index in [0.29, 0.717) is 26.4 Å². The molecule has 1 aliphatic rings. The van der Waals surface area contributed by atoms with Gasteiger partial charge in [-0.25, -0.2) is 9.79 Å². The van der Waals surface area contributed by atoms with Crippen molar-refractivity contribution in [3.8, 4) is 5.75 Å². The predicted molar refractivity (Wildman–Crippen MR) is 139 cm³/mol. The Morgan fingerprint density at radius 3 is 2.62 bits per heavy atom. The summed E-state index contributed by atoms with van der Waals surface area (Å²) in [5.41, 5.74) is 2.36. The van der Waals surface area contributed by atoms with Crippen LogP contribution in [0.5, 0.6) is 5.75 Å². The number of thioether (sulfide) groups is 1. The summed E-state index contributed by atoms with van der Waals surface area (Å²) in [4.78, 5) is 32.9. The van der Waals surface area contributed by atoms with E-state index in [0.717, 1.165) is 20.5 Å². The lowest BCUT2D eigenvalue weighted by Crippen LogP contribution is -2.39. The van der Waals surface area contributed by atoms with Gasteiger partial charge in [-0.3, -0.25) is 9.36 Å². The minimum Gasteiger partial charge on any atom is -0.496 e. The zero-order valence-electron chi connectivity index (χ0n) is 19.1. The van der Waals surface area contributed by atoms with Crippen LogP contribution in [0, 0.1) is 0 Å². The van der Waals surface area contributed by atoms with E-state index in [1.54, 1.807) is 43.4 Å². The molecule has 0 N–H and O–H groups in total. The number of ether oxygens (including phenoxy) is 2. The van der Waals surface area contributed by atoms with E-state index in [1.807, 2.05) is 48.7 Å². The average molecular weight is 560 g/mol. The van der Waals surface area contributed by atoms with E-state index in [9.17, 15) is 9.59 Å². The number of halogens is 1. The number of allylic oxidation sites excluding steroid dienone is 1. The summed E-state index contributed by atoms with van der Waals surface area (Å²) >= 11 is 6.49. The van der Waals surface area contributed by atoms with Crippen LogP contribution in [-0.4, -0.2) is 30.5 Å². The van der Waals surface area contributed by atoms with Crippen LogP contribution < -0.4 is 19.6 Å². The Bertz CT molecular complexity index is 1460. The number of nitrogens with zero attached hydrogens (tertiary/aromatic N) is 2. The largest absolute Gasteiger partial charge is 0.496 e. The molecule has 0 saturated heterocycles. The van der Waals surface area contributed by atoms with Crippen molar-refractivity contribution in [2.24, 2.45) is 4.99 Å². The fourth-order valence-corrected chi connectivity index (χ4v) is 5.82. The van der Waals surface area contributed by atoms with E-state index >= 15 is 0 Å². The fraction of sp³-hybridized carbons (Fsp3) is 0.240. The number of aromatic nitrogens is 1. The van der Waals surface area contributed by atoms with Gasteiger partial charge in [0.2, 0.25) is 0 Å². The van der Waals surface area contributed by atoms with E-state index in [-0.39, 0.29) is 12.2 Å². The van der Waals surface area contributed by atoms with Crippen molar-refractivity contribution < 1.29 is 14.3 Å². The Morgan fingerprint density at radius 2 is 2.00 bits per heavy atom. The van der Waals surface area contributed by atoms with Crippen LogP contribution in [0.1, 0.15) is 31.0 Å². The van der Waals surface area contributed by atoms with Gasteiger partial charge in [-0.2, -0.15) is 0 Å². The molecule has 0 bridgehead atoms. The quantitative estimate of drug-likeness (QED) is 0.333. The summed E-state index contributed by atoms with van der Waals surface area (Å²) < 4.78 is 13.6. The van der Waals surface area contributed by atoms with Gasteiger partial charge in [0.05, 0.1) is 40.0 Å². The monoisotopic (exact) mass is 558 g/mol. The molecular weight excluding hydrogens is 536 g/mol. The van der Waals surface area contributed by atoms with Gasteiger partial charge < -0.3 is 9.47 Å². The molecule has 0 saturated carbocycles. The third-order valence-electron chi connectivity index (χ3n) is 5.42. The third kappa shape index (κ3) is 4.64. The number of fused-ring (bicyclic) bond motifs is 1. The van der Waals surface area contributed by atoms with Crippen molar-refractivity contribution in [3.63, 3.8) is 0 Å². The standard InChI is InChI=1S/C25H23BrN2O4S2/c1-5-32-24(30)21-14(2)27-25-28(22(21)16-8-11-19(31-3)18(26)13-16)23(29)20(34-25)12-15-6-9-17(33-4)10-7-15/h6-13,22H,5H2,1-4H3/t22-/m0/s1. The molecule has 0 amide bonds. The molecule has 1 aromatic heterocycles. The van der Waals surface area contributed by atoms with Gasteiger partial charge in [0.25, 0.3) is 5.56 Å². The molecule has 4 rings (SSSR count). The van der Waals surface area contributed by atoms with Gasteiger partial charge in [0, 0.05) is 4.90 Å². The Kier molecular flexibility index (Phi) is 7.45. The molecule has 34 heavy (non-hydrogen) atoms. The first kappa shape index (κ1) is 24.5. The van der Waals surface area contributed by atoms with Crippen LogP contribution >= 0.6 is 39.0 Å². The zero-order chi connectivity index (χ0) is 24.4. The number of carbonyl (C=O) groups is 1. The first-order valence-corrected chi connectivity index (χ1v) is 13.4. The Hall–Kier alpha value is -2.62. The number of benzene rings is 2. The van der Waals surface area contributed by atoms with Gasteiger partial charge in [-0.1, -0.05) is 29.5 Å². The molecule has 0 spiro atoms. The molecule has 0 aliphatic carbocycles. The molecular formula is C25H23BrN2O4S2. The molecule has 0 fully saturated rings. The second-order valence-electron chi connectivity index (χ2n) is 7.47. The lowest BCUT2D eigenvalue weighted by molar-refractivity contribution is -0.139. The Labute approximate surface area is 213 Å². The molecule has 9 heteroatoms. The van der Waals surface area contributed by atoms with Gasteiger partial charge in [0.15, 0.2) is 4.80 Å². The zero-order valence-corrected chi connectivity index (χ0v) is 22.3. The van der Waals surface area contributed by atoms with Crippen LogP contribution in [0.2, 0.25) is 0 Å². The lowest BCUT2D eigenvalue weighted by atomic mass is 9.96. The normalized spacial score (nSPS) is 15.7. The number of carbonyl (C=O) groups excluding carboxylic acids is 1. The van der Waals surface area contributed by atoms with E-state index in [1.165, 1.54) is 11.3 Å². The highest BCUT2D eigenvalue weighted by Crippen LogP contribution is 2.35. The number of hydrogen-bond acceptors (Lipinski definition) is 7. The van der Waals surface area contributed by atoms with Crippen LogP contribution in [0.4, 0.5) is 0 Å². The Morgan fingerprint density at radius 1 is 1.26 bits per heavy atom. The van der Waals surface area contributed by atoms with Gasteiger partial charge >= 0.3 is 5.97 Å². The smallest absolute Gasteiger partial charge is 0.338 e. The summed E-state index contributed by atoms with van der Waals surface area (Å²) in [5, 5.41) is 0. The first-order chi connectivity index (χ1) is 16.4. The maximum absolute atomic E-state index is 13.6. The molecule has 176 valence electrons. The highest BCUT2D eigenvalue weighted by molar-refractivity contribution is 9.10. The van der Waals surface area contributed by atoms with Crippen LogP contribution in [0.15, 0.2) is 72.9 Å². The van der Waals surface area contributed by atoms with E-state index in [4.69, 9.17) is 9.47 Å². The van der Waals surface area contributed by atoms with Crippen molar-refractivity contribution >= 4 is 51.1 Å². The molecule has 1 aliphatic heterocycles. The average Bonchev–Trinajstić information content (AvgIpc) is 3.13. The lowest BCUT2D eigenvalue weighted by Gasteiger charge is -2.25. The topological polar surface area (TPSA) is 69.9 Å². The number of methoxy groups -OCH3 is 1. The number of rotatable bonds is 6. The molecule has 0 radical (unpaired) electrons. The highest BCUT2D eigenvalue weighted by atomic mass is 79.9. The first-order valence-electron chi connectivity index (χ1n) is 10.5. The minimum absolute atomic E-state index is 0.205. The molecule has 1 atom stereocenters. The van der Waals surface area contributed by atoms with Crippen molar-refractivity contribution in [2.45, 2.75) is 24.8 Å². The fourth-order valence-electron chi connectivity index (χ4n) is 3.81. The van der Waals surface area contributed by atoms with Crippen molar-refractivity contribution in [1.29, 1.82) is 0 Å². The van der Waals surface area contributed by atoms with Gasteiger partial charge in [-0.05, 0) is 77.5 Å². The maximum Gasteiger partial charge on any atom is 0.338 e. The van der Waals surface area contributed by atoms with Crippen molar-refractivity contribution in [3.05, 3.63) is 89.0 Å². The van der Waals surface area contributed by atoms with Crippen LogP contribution in [-0.2, 0) is 9.53 Å². The summed E-state index contributed by atoms with van der Waals surface area (Å²) in [7, 11) is 1.59. The number of hydrogen-bond donors (Lipinski definition) is 0. The number of thiazole rings is 1.